The lowest BCUT2D eigenvalue weighted by molar-refractivity contribution is -0.704. The monoisotopic (exact) mass is 543 g/mol. The number of aromatic nitrogens is 2. The molecule has 0 saturated carbocycles. The van der Waals surface area contributed by atoms with E-state index in [0.717, 1.165) is 25.9 Å². The molecule has 0 bridgehead atoms. The van der Waals surface area contributed by atoms with Crippen molar-refractivity contribution in [3.8, 4) is 0 Å². The largest absolute Gasteiger partial charge is 0.261 e. The lowest BCUT2D eigenvalue weighted by Crippen LogP contribution is -2.37. The second-order valence-electron chi connectivity index (χ2n) is 12.2. The van der Waals surface area contributed by atoms with E-state index in [-0.39, 0.29) is 0 Å². The van der Waals surface area contributed by atoms with Crippen molar-refractivity contribution in [3.05, 3.63) is 89.5 Å². The predicted octanol–water partition coefficient (Wildman–Crippen LogP) is 10.6. The van der Waals surface area contributed by atoms with E-state index in [1.54, 1.807) is 0 Å². The molecule has 1 unspecified atom stereocenters. The number of hydrogen-bond acceptors (Lipinski definition) is 0. The summed E-state index contributed by atoms with van der Waals surface area (Å²) in [6, 6.07) is 22.2. The van der Waals surface area contributed by atoms with Crippen LogP contribution in [0.3, 0.4) is 0 Å². The SMILES string of the molecule is CCCCCCCCCCn1c(CC(C)c2ccccc2)c[n+](CCCCCCCCC)c1Cc1ccccc1. The van der Waals surface area contributed by atoms with Gasteiger partial charge in [-0.3, -0.25) is 0 Å². The summed E-state index contributed by atoms with van der Waals surface area (Å²) in [5.41, 5.74) is 4.40. The molecule has 0 aliphatic heterocycles. The lowest BCUT2D eigenvalue weighted by atomic mass is 9.96. The minimum Gasteiger partial charge on any atom is -0.234 e. The normalized spacial score (nSPS) is 12.2. The molecule has 0 amide bonds. The first-order valence-electron chi connectivity index (χ1n) is 16.9. The van der Waals surface area contributed by atoms with E-state index >= 15 is 0 Å². The minimum atomic E-state index is 0.519. The van der Waals surface area contributed by atoms with Crippen LogP contribution in [0, 0.1) is 0 Å². The third-order valence-electron chi connectivity index (χ3n) is 8.62. The van der Waals surface area contributed by atoms with Crippen molar-refractivity contribution in [2.45, 2.75) is 149 Å². The van der Waals surface area contributed by atoms with Crippen LogP contribution in [0.15, 0.2) is 66.9 Å². The van der Waals surface area contributed by atoms with Gasteiger partial charge in [0.2, 0.25) is 0 Å². The fourth-order valence-corrected chi connectivity index (χ4v) is 6.11. The fraction of sp³-hybridized carbons (Fsp3) is 0.605. The molecule has 3 aromatic rings. The molecule has 1 atom stereocenters. The van der Waals surface area contributed by atoms with Gasteiger partial charge in [-0.25, -0.2) is 9.13 Å². The molecule has 0 aliphatic rings. The zero-order valence-electron chi connectivity index (χ0n) is 26.3. The lowest BCUT2D eigenvalue weighted by Gasteiger charge is -2.12. The maximum absolute atomic E-state index is 2.73. The molecule has 0 N–H and O–H groups in total. The molecular weight excluding hydrogens is 484 g/mol. The average molecular weight is 544 g/mol. The molecule has 2 nitrogen and oxygen atoms in total. The predicted molar refractivity (Wildman–Crippen MR) is 173 cm³/mol. The first kappa shape index (κ1) is 32.2. The summed E-state index contributed by atoms with van der Waals surface area (Å²) in [5.74, 6) is 2.03. The van der Waals surface area contributed by atoms with Crippen molar-refractivity contribution < 1.29 is 4.57 Å². The molecule has 1 heterocycles. The molecule has 0 saturated heterocycles. The quantitative estimate of drug-likeness (QED) is 0.0880. The summed E-state index contributed by atoms with van der Waals surface area (Å²) < 4.78 is 5.36. The molecule has 0 spiro atoms. The Bertz CT molecular complexity index is 1020. The molecule has 1 aromatic heterocycles. The molecule has 0 radical (unpaired) electrons. The summed E-state index contributed by atoms with van der Waals surface area (Å²) in [6.45, 7) is 9.31. The molecular formula is C38H59N2+. The first-order chi connectivity index (χ1) is 19.7. The standard InChI is InChI=1S/C38H59N2/c1-4-6-8-10-12-14-16-24-30-40-37(31-34(3)36-27-21-18-22-28-36)33-39(29-23-15-13-11-9-7-5-2)38(40)32-35-25-19-17-20-26-35/h17-22,25-28,33-34H,4-16,23-24,29-32H2,1-3H3/q+1. The maximum atomic E-state index is 2.73. The number of unbranched alkanes of at least 4 members (excludes halogenated alkanes) is 13. The van der Waals surface area contributed by atoms with Crippen LogP contribution in [0.1, 0.15) is 146 Å². The highest BCUT2D eigenvalue weighted by Gasteiger charge is 2.25. The molecule has 3 rings (SSSR count). The highest BCUT2D eigenvalue weighted by molar-refractivity contribution is 5.22. The third-order valence-corrected chi connectivity index (χ3v) is 8.62. The zero-order chi connectivity index (χ0) is 28.3. The van der Waals surface area contributed by atoms with Gasteiger partial charge in [0.25, 0.3) is 5.82 Å². The second-order valence-corrected chi connectivity index (χ2v) is 12.2. The molecule has 0 aliphatic carbocycles. The third kappa shape index (κ3) is 11.6. The molecule has 0 fully saturated rings. The highest BCUT2D eigenvalue weighted by Crippen LogP contribution is 2.22. The summed E-state index contributed by atoms with van der Waals surface area (Å²) in [5, 5.41) is 0. The van der Waals surface area contributed by atoms with Crippen molar-refractivity contribution in [1.82, 2.24) is 4.57 Å². The molecule has 40 heavy (non-hydrogen) atoms. The molecule has 2 aromatic carbocycles. The van der Waals surface area contributed by atoms with Gasteiger partial charge in [0, 0.05) is 6.42 Å². The van der Waals surface area contributed by atoms with Gasteiger partial charge >= 0.3 is 0 Å². The second kappa shape index (κ2) is 19.7. The van der Waals surface area contributed by atoms with Crippen LogP contribution in [0.25, 0.3) is 0 Å². The van der Waals surface area contributed by atoms with Gasteiger partial charge in [0.05, 0.1) is 19.5 Å². The summed E-state index contributed by atoms with van der Waals surface area (Å²) in [6.07, 6.45) is 25.2. The Labute approximate surface area is 247 Å². The van der Waals surface area contributed by atoms with E-state index in [1.807, 2.05) is 0 Å². The van der Waals surface area contributed by atoms with Gasteiger partial charge in [-0.15, -0.1) is 0 Å². The van der Waals surface area contributed by atoms with E-state index in [4.69, 9.17) is 0 Å². The number of imidazole rings is 1. The maximum Gasteiger partial charge on any atom is 0.261 e. The van der Waals surface area contributed by atoms with Crippen molar-refractivity contribution in [3.63, 3.8) is 0 Å². The van der Waals surface area contributed by atoms with Gasteiger partial charge < -0.3 is 0 Å². The van der Waals surface area contributed by atoms with Crippen LogP contribution < -0.4 is 4.57 Å². The fourth-order valence-electron chi connectivity index (χ4n) is 6.11. The Balaban J connectivity index is 1.75. The smallest absolute Gasteiger partial charge is 0.234 e. The summed E-state index contributed by atoms with van der Waals surface area (Å²) in [7, 11) is 0. The van der Waals surface area contributed by atoms with Crippen LogP contribution in [0.5, 0.6) is 0 Å². The van der Waals surface area contributed by atoms with Crippen LogP contribution in [-0.2, 0) is 25.9 Å². The number of rotatable bonds is 22. The minimum absolute atomic E-state index is 0.519. The number of hydrogen-bond donors (Lipinski definition) is 0. The van der Waals surface area contributed by atoms with E-state index < -0.39 is 0 Å². The zero-order valence-corrected chi connectivity index (χ0v) is 26.3. The topological polar surface area (TPSA) is 8.81 Å². The van der Waals surface area contributed by atoms with Crippen molar-refractivity contribution in [2.75, 3.05) is 0 Å². The van der Waals surface area contributed by atoms with Crippen molar-refractivity contribution >= 4 is 0 Å². The van der Waals surface area contributed by atoms with Gasteiger partial charge in [-0.1, -0.05) is 152 Å². The van der Waals surface area contributed by atoms with Gasteiger partial charge in [0.1, 0.15) is 11.9 Å². The summed E-state index contributed by atoms with van der Waals surface area (Å²) in [4.78, 5) is 0. The average Bonchev–Trinajstić information content (AvgIpc) is 3.29. The van der Waals surface area contributed by atoms with Crippen LogP contribution >= 0.6 is 0 Å². The Morgan fingerprint density at radius 3 is 1.75 bits per heavy atom. The number of benzene rings is 2. The first-order valence-corrected chi connectivity index (χ1v) is 16.9. The van der Waals surface area contributed by atoms with Gasteiger partial charge in [-0.05, 0) is 42.7 Å². The van der Waals surface area contributed by atoms with Crippen LogP contribution in [0.2, 0.25) is 0 Å². The Morgan fingerprint density at radius 2 is 1.15 bits per heavy atom. The van der Waals surface area contributed by atoms with E-state index in [1.165, 1.54) is 119 Å². The van der Waals surface area contributed by atoms with Crippen molar-refractivity contribution in [2.24, 2.45) is 0 Å². The molecule has 220 valence electrons. The number of nitrogens with zero attached hydrogens (tertiary/aromatic N) is 2. The van der Waals surface area contributed by atoms with Crippen LogP contribution in [0.4, 0.5) is 0 Å². The van der Waals surface area contributed by atoms with E-state index in [9.17, 15) is 0 Å². The van der Waals surface area contributed by atoms with Crippen molar-refractivity contribution in [1.29, 1.82) is 0 Å². The molecule has 2 heteroatoms. The Kier molecular flexibility index (Phi) is 15.8. The number of aryl methyl sites for hydroxylation is 1. The van der Waals surface area contributed by atoms with Gasteiger partial charge in [-0.2, -0.15) is 0 Å². The summed E-state index contributed by atoms with van der Waals surface area (Å²) >= 11 is 0. The Hall–Kier alpha value is -2.35. The van der Waals surface area contributed by atoms with Gasteiger partial charge in [0.15, 0.2) is 0 Å². The van der Waals surface area contributed by atoms with Crippen LogP contribution in [-0.4, -0.2) is 4.57 Å². The van der Waals surface area contributed by atoms with E-state index in [2.05, 4.69) is 96.8 Å². The van der Waals surface area contributed by atoms with E-state index in [0.29, 0.717) is 5.92 Å². The highest BCUT2D eigenvalue weighted by atomic mass is 15.2. The Morgan fingerprint density at radius 1 is 0.625 bits per heavy atom.